The van der Waals surface area contributed by atoms with Gasteiger partial charge in [0, 0.05) is 16.5 Å². The Morgan fingerprint density at radius 3 is 2.54 bits per heavy atom. The Kier molecular flexibility index (Phi) is 6.15. The highest BCUT2D eigenvalue weighted by Gasteiger charge is 2.19. The molecule has 5 nitrogen and oxygen atoms in total. The van der Waals surface area contributed by atoms with Crippen LogP contribution in [0.2, 0.25) is 0 Å². The van der Waals surface area contributed by atoms with Crippen LogP contribution in [0.15, 0.2) is 46.7 Å². The Morgan fingerprint density at radius 2 is 1.96 bits per heavy atom. The molecule has 1 aromatic heterocycles. The number of hydrogen-bond acceptors (Lipinski definition) is 4. The Morgan fingerprint density at radius 1 is 1.21 bits per heavy atom. The molecule has 1 atom stereocenters. The molecule has 0 bridgehead atoms. The van der Waals surface area contributed by atoms with Gasteiger partial charge in [0.05, 0.1) is 10.9 Å². The number of benzene rings is 1. The lowest BCUT2D eigenvalue weighted by molar-refractivity contribution is 0.0936. The van der Waals surface area contributed by atoms with E-state index in [2.05, 4.69) is 10.0 Å². The van der Waals surface area contributed by atoms with Crippen LogP contribution in [0.25, 0.3) is 0 Å². The molecule has 0 aliphatic heterocycles. The third-order valence-corrected chi connectivity index (χ3v) is 6.04. The molecule has 2 aromatic rings. The summed E-state index contributed by atoms with van der Waals surface area (Å²) in [6, 6.07) is 9.72. The summed E-state index contributed by atoms with van der Waals surface area (Å²) in [4.78, 5) is 13.7. The van der Waals surface area contributed by atoms with E-state index in [1.54, 1.807) is 37.3 Å². The smallest absolute Gasteiger partial charge is 0.251 e. The van der Waals surface area contributed by atoms with Gasteiger partial charge in [-0.2, -0.15) is 0 Å². The quantitative estimate of drug-likeness (QED) is 0.789. The molecule has 0 saturated carbocycles. The maximum absolute atomic E-state index is 12.5. The van der Waals surface area contributed by atoms with Gasteiger partial charge < -0.3 is 5.32 Å². The molecule has 0 saturated heterocycles. The Labute approximate surface area is 147 Å². The molecule has 7 heteroatoms. The summed E-state index contributed by atoms with van der Waals surface area (Å²) < 4.78 is 27.0. The van der Waals surface area contributed by atoms with Crippen LogP contribution in [-0.2, 0) is 10.0 Å². The molecule has 0 fully saturated rings. The van der Waals surface area contributed by atoms with Gasteiger partial charge in [-0.25, -0.2) is 13.1 Å². The van der Waals surface area contributed by atoms with E-state index in [1.807, 2.05) is 24.4 Å². The highest BCUT2D eigenvalue weighted by molar-refractivity contribution is 7.89. The van der Waals surface area contributed by atoms with E-state index in [-0.39, 0.29) is 22.9 Å². The molecule has 0 aliphatic rings. The monoisotopic (exact) mass is 366 g/mol. The van der Waals surface area contributed by atoms with Crippen LogP contribution >= 0.6 is 11.3 Å². The first-order valence-electron chi connectivity index (χ1n) is 7.80. The first kappa shape index (κ1) is 18.6. The van der Waals surface area contributed by atoms with E-state index in [0.717, 1.165) is 11.3 Å². The normalized spacial score (nSPS) is 13.0. The molecule has 1 amide bonds. The Balaban J connectivity index is 2.20. The van der Waals surface area contributed by atoms with Crippen molar-refractivity contribution in [1.82, 2.24) is 10.0 Å². The summed E-state index contributed by atoms with van der Waals surface area (Å²) >= 11 is 1.59. The predicted octanol–water partition coefficient (Wildman–Crippen LogP) is 3.32. The first-order chi connectivity index (χ1) is 11.3. The lowest BCUT2D eigenvalue weighted by atomic mass is 10.1. The lowest BCUT2D eigenvalue weighted by Gasteiger charge is -2.16. The van der Waals surface area contributed by atoms with E-state index in [4.69, 9.17) is 0 Å². The zero-order chi connectivity index (χ0) is 17.7. The molecular formula is C17H22N2O3S2. The third kappa shape index (κ3) is 4.66. The molecule has 2 rings (SSSR count). The minimum absolute atomic E-state index is 0.0773. The number of nitrogens with one attached hydrogen (secondary N) is 2. The van der Waals surface area contributed by atoms with Gasteiger partial charge >= 0.3 is 0 Å². The van der Waals surface area contributed by atoms with Gasteiger partial charge in [-0.05, 0) is 49.9 Å². The molecule has 1 unspecified atom stereocenters. The largest absolute Gasteiger partial charge is 0.344 e. The summed E-state index contributed by atoms with van der Waals surface area (Å²) in [7, 11) is -3.62. The van der Waals surface area contributed by atoms with E-state index in [1.165, 1.54) is 12.1 Å². The molecule has 0 radical (unpaired) electrons. The molecule has 2 N–H and O–H groups in total. The van der Waals surface area contributed by atoms with Crippen LogP contribution in [0.5, 0.6) is 0 Å². The number of thiophene rings is 1. The minimum Gasteiger partial charge on any atom is -0.344 e. The van der Waals surface area contributed by atoms with Gasteiger partial charge in [-0.15, -0.1) is 11.3 Å². The zero-order valence-corrected chi connectivity index (χ0v) is 15.6. The standard InChI is InChI=1S/C17H22N2O3S2/c1-4-15(16-9-6-10-23-16)18-17(20)13-7-5-8-14(11-13)24(21,22)19-12(2)3/h5-12,15,19H,4H2,1-3H3,(H,18,20). The second kappa shape index (κ2) is 7.92. The number of carbonyl (C=O) groups is 1. The van der Waals surface area contributed by atoms with Gasteiger partial charge in [-0.3, -0.25) is 4.79 Å². The van der Waals surface area contributed by atoms with E-state index in [0.29, 0.717) is 5.56 Å². The van der Waals surface area contributed by atoms with Crippen molar-refractivity contribution in [3.05, 3.63) is 52.2 Å². The maximum Gasteiger partial charge on any atom is 0.251 e. The molecule has 1 heterocycles. The van der Waals surface area contributed by atoms with Gasteiger partial charge in [0.1, 0.15) is 0 Å². The topological polar surface area (TPSA) is 75.3 Å². The summed E-state index contributed by atoms with van der Waals surface area (Å²) in [5.74, 6) is -0.281. The van der Waals surface area contributed by atoms with Crippen molar-refractivity contribution >= 4 is 27.3 Å². The zero-order valence-electron chi connectivity index (χ0n) is 13.9. The number of hydrogen-bond donors (Lipinski definition) is 2. The highest BCUT2D eigenvalue weighted by Crippen LogP contribution is 2.22. The fourth-order valence-electron chi connectivity index (χ4n) is 2.29. The first-order valence-corrected chi connectivity index (χ1v) is 10.2. The van der Waals surface area contributed by atoms with Crippen LogP contribution in [0, 0.1) is 0 Å². The lowest BCUT2D eigenvalue weighted by Crippen LogP contribution is -2.31. The van der Waals surface area contributed by atoms with E-state index >= 15 is 0 Å². The number of carbonyl (C=O) groups excluding carboxylic acids is 1. The average molecular weight is 367 g/mol. The summed E-state index contributed by atoms with van der Waals surface area (Å²) in [6.45, 7) is 5.50. The number of sulfonamides is 1. The van der Waals surface area contributed by atoms with Crippen LogP contribution < -0.4 is 10.0 Å². The Bertz CT molecular complexity index is 784. The van der Waals surface area contributed by atoms with E-state index in [9.17, 15) is 13.2 Å². The molecule has 1 aromatic carbocycles. The van der Waals surface area contributed by atoms with Crippen molar-refractivity contribution in [1.29, 1.82) is 0 Å². The second-order valence-electron chi connectivity index (χ2n) is 5.75. The SMILES string of the molecule is CCC(NC(=O)c1cccc(S(=O)(=O)NC(C)C)c1)c1cccs1. The van der Waals surface area contributed by atoms with Crippen molar-refractivity contribution < 1.29 is 13.2 Å². The fourth-order valence-corrected chi connectivity index (χ4v) is 4.45. The molecular weight excluding hydrogens is 344 g/mol. The highest BCUT2D eigenvalue weighted by atomic mass is 32.2. The fraction of sp³-hybridized carbons (Fsp3) is 0.353. The average Bonchev–Trinajstić information content (AvgIpc) is 3.05. The summed E-state index contributed by atoms with van der Waals surface area (Å²) in [5, 5.41) is 4.93. The number of amides is 1. The van der Waals surface area contributed by atoms with Crippen molar-refractivity contribution in [2.45, 2.75) is 44.2 Å². The maximum atomic E-state index is 12.5. The summed E-state index contributed by atoms with van der Waals surface area (Å²) in [5.41, 5.74) is 0.330. The molecule has 0 spiro atoms. The predicted molar refractivity (Wildman–Crippen MR) is 96.7 cm³/mol. The van der Waals surface area contributed by atoms with Crippen molar-refractivity contribution in [3.63, 3.8) is 0 Å². The summed E-state index contributed by atoms with van der Waals surface area (Å²) in [6.07, 6.45) is 0.763. The van der Waals surface area contributed by atoms with Gasteiger partial charge in [0.2, 0.25) is 10.0 Å². The van der Waals surface area contributed by atoms with Crippen molar-refractivity contribution in [2.24, 2.45) is 0 Å². The van der Waals surface area contributed by atoms with Crippen LogP contribution in [0.4, 0.5) is 0 Å². The molecule has 130 valence electrons. The van der Waals surface area contributed by atoms with Gasteiger partial charge in [0.15, 0.2) is 0 Å². The molecule has 24 heavy (non-hydrogen) atoms. The van der Waals surface area contributed by atoms with Gasteiger partial charge in [0.25, 0.3) is 5.91 Å². The van der Waals surface area contributed by atoms with Gasteiger partial charge in [-0.1, -0.05) is 19.1 Å². The Hall–Kier alpha value is -1.70. The molecule has 0 aliphatic carbocycles. The third-order valence-electron chi connectivity index (χ3n) is 3.40. The second-order valence-corrected chi connectivity index (χ2v) is 8.45. The van der Waals surface area contributed by atoms with E-state index < -0.39 is 10.0 Å². The van der Waals surface area contributed by atoms with Crippen LogP contribution in [0.1, 0.15) is 48.5 Å². The van der Waals surface area contributed by atoms with Crippen molar-refractivity contribution in [2.75, 3.05) is 0 Å². The number of rotatable bonds is 7. The van der Waals surface area contributed by atoms with Crippen molar-refractivity contribution in [3.8, 4) is 0 Å². The van der Waals surface area contributed by atoms with Crippen LogP contribution in [-0.4, -0.2) is 20.4 Å². The van der Waals surface area contributed by atoms with Crippen LogP contribution in [0.3, 0.4) is 0 Å². The minimum atomic E-state index is -3.62.